The zero-order chi connectivity index (χ0) is 13.7. The number of urea groups is 1. The molecule has 0 bridgehead atoms. The number of rotatable bonds is 4. The van der Waals surface area contributed by atoms with Gasteiger partial charge in [-0.3, -0.25) is 10.1 Å². The third-order valence-corrected chi connectivity index (χ3v) is 1.94. The number of primary amides is 1. The number of nitrogens with zero attached hydrogens (tertiary/aromatic N) is 4. The lowest BCUT2D eigenvalue weighted by molar-refractivity contribution is -0.123. The first-order chi connectivity index (χ1) is 8.47. The lowest BCUT2D eigenvalue weighted by Gasteiger charge is -2.11. The number of amides is 3. The van der Waals surface area contributed by atoms with Crippen LogP contribution >= 0.6 is 0 Å². The predicted octanol–water partition coefficient (Wildman–Crippen LogP) is -1.39. The number of hydrogen-bond donors (Lipinski definition) is 2. The van der Waals surface area contributed by atoms with Crippen LogP contribution in [0.15, 0.2) is 0 Å². The second kappa shape index (κ2) is 5.70. The molecular weight excluding hydrogens is 244 g/mol. The van der Waals surface area contributed by atoms with Gasteiger partial charge in [0.2, 0.25) is 0 Å². The van der Waals surface area contributed by atoms with Crippen molar-refractivity contribution >= 4 is 17.9 Å². The molecule has 0 aliphatic heterocycles. The van der Waals surface area contributed by atoms with Gasteiger partial charge in [0.25, 0.3) is 11.7 Å². The van der Waals surface area contributed by atoms with Crippen LogP contribution in [0.4, 0.5) is 4.79 Å². The van der Waals surface area contributed by atoms with Crippen molar-refractivity contribution in [1.82, 2.24) is 25.5 Å². The van der Waals surface area contributed by atoms with Crippen molar-refractivity contribution in [1.29, 1.82) is 0 Å². The minimum atomic E-state index is -1.00. The fourth-order valence-corrected chi connectivity index (χ4v) is 1.12. The van der Waals surface area contributed by atoms with Gasteiger partial charge in [-0.1, -0.05) is 0 Å². The third-order valence-electron chi connectivity index (χ3n) is 1.94. The largest absolute Gasteiger partial charge is 0.460 e. The van der Waals surface area contributed by atoms with Gasteiger partial charge in [-0.15, -0.1) is 5.10 Å². The number of ether oxygens (including phenoxy) is 1. The lowest BCUT2D eigenvalue weighted by atomic mass is 10.3. The number of tetrazole rings is 1. The molecule has 18 heavy (non-hydrogen) atoms. The summed E-state index contributed by atoms with van der Waals surface area (Å²) in [4.78, 5) is 33.5. The van der Waals surface area contributed by atoms with Crippen LogP contribution in [0.25, 0.3) is 0 Å². The van der Waals surface area contributed by atoms with Gasteiger partial charge in [0, 0.05) is 0 Å². The highest BCUT2D eigenvalue weighted by atomic mass is 16.5. The third kappa shape index (κ3) is 2.99. The van der Waals surface area contributed by atoms with Crippen molar-refractivity contribution in [3.63, 3.8) is 0 Å². The fourth-order valence-electron chi connectivity index (χ4n) is 1.12. The van der Waals surface area contributed by atoms with Crippen molar-refractivity contribution in [2.45, 2.75) is 19.9 Å². The summed E-state index contributed by atoms with van der Waals surface area (Å²) >= 11 is 0. The summed E-state index contributed by atoms with van der Waals surface area (Å²) in [5.74, 6) is -1.73. The van der Waals surface area contributed by atoms with Gasteiger partial charge in [-0.05, 0) is 24.3 Å². The quantitative estimate of drug-likeness (QED) is 0.631. The molecule has 0 spiro atoms. The number of nitrogens with one attached hydrogen (secondary N) is 1. The van der Waals surface area contributed by atoms with E-state index in [1.54, 1.807) is 6.92 Å². The highest BCUT2D eigenvalue weighted by Crippen LogP contribution is 2.07. The van der Waals surface area contributed by atoms with E-state index in [1.165, 1.54) is 6.92 Å². The van der Waals surface area contributed by atoms with E-state index in [0.29, 0.717) is 0 Å². The molecule has 1 heterocycles. The van der Waals surface area contributed by atoms with Crippen molar-refractivity contribution in [3.05, 3.63) is 5.82 Å². The summed E-state index contributed by atoms with van der Waals surface area (Å²) < 4.78 is 5.65. The van der Waals surface area contributed by atoms with E-state index in [2.05, 4.69) is 15.5 Å². The Balaban J connectivity index is 2.89. The van der Waals surface area contributed by atoms with Crippen molar-refractivity contribution in [2.75, 3.05) is 6.61 Å². The van der Waals surface area contributed by atoms with Crippen LogP contribution in [0.2, 0.25) is 0 Å². The Kier molecular flexibility index (Phi) is 4.29. The molecule has 1 unspecified atom stereocenters. The Labute approximate surface area is 101 Å². The Morgan fingerprint density at radius 1 is 1.50 bits per heavy atom. The van der Waals surface area contributed by atoms with Gasteiger partial charge >= 0.3 is 12.0 Å². The number of carbonyl (C=O) groups is 3. The molecule has 0 saturated carbocycles. The highest BCUT2D eigenvalue weighted by molar-refractivity contribution is 5.95. The first-order valence-corrected chi connectivity index (χ1v) is 5.02. The Hall–Kier alpha value is -2.52. The zero-order valence-electron chi connectivity index (χ0n) is 9.78. The van der Waals surface area contributed by atoms with Crippen LogP contribution < -0.4 is 11.1 Å². The van der Waals surface area contributed by atoms with Gasteiger partial charge in [0.1, 0.15) is 6.04 Å². The number of nitrogens with two attached hydrogens (primary N) is 1. The van der Waals surface area contributed by atoms with E-state index in [0.717, 1.165) is 4.68 Å². The Morgan fingerprint density at radius 2 is 2.17 bits per heavy atom. The van der Waals surface area contributed by atoms with Gasteiger partial charge < -0.3 is 10.5 Å². The van der Waals surface area contributed by atoms with Gasteiger partial charge in [-0.25, -0.2) is 14.3 Å². The van der Waals surface area contributed by atoms with E-state index >= 15 is 0 Å². The molecule has 3 amide bonds. The van der Waals surface area contributed by atoms with Gasteiger partial charge in [0.15, 0.2) is 0 Å². The number of aromatic nitrogens is 4. The van der Waals surface area contributed by atoms with Crippen molar-refractivity contribution in [2.24, 2.45) is 5.73 Å². The fraction of sp³-hybridized carbons (Fsp3) is 0.500. The molecule has 0 saturated heterocycles. The topological polar surface area (TPSA) is 142 Å². The molecule has 0 radical (unpaired) electrons. The van der Waals surface area contributed by atoms with Crippen LogP contribution in [0.1, 0.15) is 30.5 Å². The first-order valence-electron chi connectivity index (χ1n) is 5.02. The monoisotopic (exact) mass is 256 g/mol. The first kappa shape index (κ1) is 13.5. The van der Waals surface area contributed by atoms with Crippen LogP contribution in [-0.4, -0.2) is 44.7 Å². The van der Waals surface area contributed by atoms with Crippen molar-refractivity contribution < 1.29 is 19.1 Å². The van der Waals surface area contributed by atoms with Gasteiger partial charge in [0.05, 0.1) is 6.61 Å². The molecule has 1 rings (SSSR count). The molecule has 10 nitrogen and oxygen atoms in total. The van der Waals surface area contributed by atoms with Crippen LogP contribution in [-0.2, 0) is 9.53 Å². The average molecular weight is 256 g/mol. The molecule has 10 heteroatoms. The SMILES string of the molecule is CCOC(=O)c1nnnn1C(C)C(=O)NC(N)=O. The molecule has 0 fully saturated rings. The maximum atomic E-state index is 11.5. The lowest BCUT2D eigenvalue weighted by Crippen LogP contribution is -2.40. The molecule has 1 aromatic heterocycles. The smallest absolute Gasteiger partial charge is 0.378 e. The number of imide groups is 1. The van der Waals surface area contributed by atoms with E-state index in [9.17, 15) is 14.4 Å². The number of esters is 1. The average Bonchev–Trinajstić information content (AvgIpc) is 2.76. The standard InChI is InChI=1S/C8H12N6O4/c1-3-18-7(16)5-11-12-13-14(5)4(2)6(15)10-8(9)17/h4H,3H2,1-2H3,(H3,9,10,15,17). The zero-order valence-corrected chi connectivity index (χ0v) is 9.78. The second-order valence-electron chi connectivity index (χ2n) is 3.20. The summed E-state index contributed by atoms with van der Waals surface area (Å²) in [5, 5.41) is 12.1. The normalized spacial score (nSPS) is 11.7. The molecule has 0 aromatic carbocycles. The molecular formula is C8H12N6O4. The molecule has 1 aromatic rings. The van der Waals surface area contributed by atoms with Crippen LogP contribution in [0.5, 0.6) is 0 Å². The predicted molar refractivity (Wildman–Crippen MR) is 56.2 cm³/mol. The second-order valence-corrected chi connectivity index (χ2v) is 3.20. The summed E-state index contributed by atoms with van der Waals surface area (Å²) in [5.41, 5.74) is 4.81. The minimum absolute atomic E-state index is 0.146. The van der Waals surface area contributed by atoms with E-state index in [4.69, 9.17) is 10.5 Å². The van der Waals surface area contributed by atoms with E-state index in [1.807, 2.05) is 5.32 Å². The maximum Gasteiger partial charge on any atom is 0.378 e. The number of carbonyl (C=O) groups excluding carboxylic acids is 3. The van der Waals surface area contributed by atoms with Crippen LogP contribution in [0.3, 0.4) is 0 Å². The maximum absolute atomic E-state index is 11.5. The summed E-state index contributed by atoms with van der Waals surface area (Å²) in [6.45, 7) is 3.17. The minimum Gasteiger partial charge on any atom is -0.460 e. The van der Waals surface area contributed by atoms with Crippen LogP contribution in [0, 0.1) is 0 Å². The van der Waals surface area contributed by atoms with E-state index < -0.39 is 23.9 Å². The number of hydrogen-bond acceptors (Lipinski definition) is 7. The highest BCUT2D eigenvalue weighted by Gasteiger charge is 2.25. The molecule has 1 atom stereocenters. The molecule has 0 aliphatic carbocycles. The molecule has 0 aliphatic rings. The summed E-state index contributed by atoms with van der Waals surface area (Å²) in [7, 11) is 0. The summed E-state index contributed by atoms with van der Waals surface area (Å²) in [6.07, 6.45) is 0. The van der Waals surface area contributed by atoms with Crippen molar-refractivity contribution in [3.8, 4) is 0 Å². The Morgan fingerprint density at radius 3 is 2.72 bits per heavy atom. The summed E-state index contributed by atoms with van der Waals surface area (Å²) in [6, 6.07) is -1.98. The van der Waals surface area contributed by atoms with E-state index in [-0.39, 0.29) is 12.4 Å². The molecule has 3 N–H and O–H groups in total. The van der Waals surface area contributed by atoms with Gasteiger partial charge in [-0.2, -0.15) is 0 Å². The molecule has 98 valence electrons. The Bertz CT molecular complexity index is 470.